The maximum atomic E-state index is 13.0. The lowest BCUT2D eigenvalue weighted by atomic mass is 9.92. The lowest BCUT2D eigenvalue weighted by Gasteiger charge is -2.24. The van der Waals surface area contributed by atoms with Crippen molar-refractivity contribution in [3.63, 3.8) is 0 Å². The van der Waals surface area contributed by atoms with E-state index < -0.39 is 0 Å². The first-order chi connectivity index (χ1) is 15.5. The number of carbonyl (C=O) groups excluding carboxylic acids is 1. The minimum atomic E-state index is -0.235. The van der Waals surface area contributed by atoms with Crippen LogP contribution in [-0.2, 0) is 0 Å². The quantitative estimate of drug-likeness (QED) is 0.414. The molecule has 2 aromatic heterocycles. The number of ether oxygens (including phenoxy) is 1. The van der Waals surface area contributed by atoms with Crippen molar-refractivity contribution in [1.29, 1.82) is 0 Å². The van der Waals surface area contributed by atoms with Gasteiger partial charge in [-0.2, -0.15) is 5.10 Å². The second-order valence-electron chi connectivity index (χ2n) is 7.88. The summed E-state index contributed by atoms with van der Waals surface area (Å²) < 4.78 is 5.32. The van der Waals surface area contributed by atoms with Crippen molar-refractivity contribution in [3.05, 3.63) is 77.7 Å². The fourth-order valence-corrected chi connectivity index (χ4v) is 3.94. The Labute approximate surface area is 187 Å². The van der Waals surface area contributed by atoms with Gasteiger partial charge < -0.3 is 15.8 Å². The van der Waals surface area contributed by atoms with Crippen molar-refractivity contribution in [2.24, 2.45) is 5.73 Å². The Kier molecular flexibility index (Phi) is 6.18. The average molecular weight is 430 g/mol. The summed E-state index contributed by atoms with van der Waals surface area (Å²) in [7, 11) is 1.63. The van der Waals surface area contributed by atoms with Crippen LogP contribution in [0.3, 0.4) is 0 Å². The van der Waals surface area contributed by atoms with E-state index in [0.29, 0.717) is 12.2 Å². The molecular formula is C25H27N5O2. The summed E-state index contributed by atoms with van der Waals surface area (Å²) in [6, 6.07) is 17.4. The predicted octanol–water partition coefficient (Wildman–Crippen LogP) is 3.80. The number of H-pyrrole nitrogens is 1. The zero-order chi connectivity index (χ0) is 22.7. The monoisotopic (exact) mass is 429 g/mol. The molecule has 164 valence electrons. The first-order valence-corrected chi connectivity index (χ1v) is 10.6. The number of hydrogen-bond donors (Lipinski definition) is 3. The number of methoxy groups -OCH3 is 1. The number of nitrogens with one attached hydrogen (secondary N) is 2. The van der Waals surface area contributed by atoms with Gasteiger partial charge in [-0.15, -0.1) is 0 Å². The average Bonchev–Trinajstić information content (AvgIpc) is 3.20. The highest BCUT2D eigenvalue weighted by atomic mass is 16.5. The standard InChI is InChI=1S/C25H27N5O2/c1-15(22(14-26)19-5-4-6-20(11-19)32-3)28-25(31)24-13-18(9-10-27-24)17-7-8-23-21(12-17)16(2)29-30-23/h4-13,15,22H,14,26H2,1-3H3,(H,28,31)(H,29,30)/t15?,22-/m0/s1. The van der Waals surface area contributed by atoms with E-state index in [1.165, 1.54) is 0 Å². The Morgan fingerprint density at radius 2 is 1.97 bits per heavy atom. The summed E-state index contributed by atoms with van der Waals surface area (Å²) in [5.41, 5.74) is 11.3. The van der Waals surface area contributed by atoms with Gasteiger partial charge in [0.25, 0.3) is 5.91 Å². The highest BCUT2D eigenvalue weighted by molar-refractivity contribution is 5.94. The zero-order valence-corrected chi connectivity index (χ0v) is 18.4. The molecule has 7 nitrogen and oxygen atoms in total. The van der Waals surface area contributed by atoms with E-state index >= 15 is 0 Å². The number of benzene rings is 2. The van der Waals surface area contributed by atoms with Crippen LogP contribution in [-0.4, -0.2) is 40.8 Å². The van der Waals surface area contributed by atoms with Crippen LogP contribution >= 0.6 is 0 Å². The number of pyridine rings is 1. The lowest BCUT2D eigenvalue weighted by molar-refractivity contribution is 0.0930. The van der Waals surface area contributed by atoms with Gasteiger partial charge in [-0.05, 0) is 66.9 Å². The Morgan fingerprint density at radius 1 is 1.16 bits per heavy atom. The first-order valence-electron chi connectivity index (χ1n) is 10.6. The Morgan fingerprint density at radius 3 is 2.75 bits per heavy atom. The number of aromatic amines is 1. The fourth-order valence-electron chi connectivity index (χ4n) is 3.94. The third kappa shape index (κ3) is 4.33. The molecule has 4 aromatic rings. The van der Waals surface area contributed by atoms with Crippen LogP contribution < -0.4 is 15.8 Å². The van der Waals surface area contributed by atoms with E-state index in [1.807, 2.05) is 62.4 Å². The smallest absolute Gasteiger partial charge is 0.270 e. The summed E-state index contributed by atoms with van der Waals surface area (Å²) in [5.74, 6) is 0.476. The maximum absolute atomic E-state index is 13.0. The zero-order valence-electron chi connectivity index (χ0n) is 18.4. The number of nitrogens with zero attached hydrogens (tertiary/aromatic N) is 2. The van der Waals surface area contributed by atoms with Crippen molar-refractivity contribution >= 4 is 16.8 Å². The molecule has 0 bridgehead atoms. The topological polar surface area (TPSA) is 106 Å². The number of fused-ring (bicyclic) bond motifs is 1. The number of carbonyl (C=O) groups is 1. The van der Waals surface area contributed by atoms with E-state index in [1.54, 1.807) is 13.3 Å². The molecule has 0 aliphatic heterocycles. The number of hydrogen-bond acceptors (Lipinski definition) is 5. The normalized spacial score (nSPS) is 13.0. The van der Waals surface area contributed by atoms with Gasteiger partial charge in [0, 0.05) is 30.1 Å². The molecule has 32 heavy (non-hydrogen) atoms. The molecule has 0 fully saturated rings. The Balaban J connectivity index is 1.54. The summed E-state index contributed by atoms with van der Waals surface area (Å²) in [6.45, 7) is 4.31. The molecule has 0 saturated heterocycles. The van der Waals surface area contributed by atoms with Gasteiger partial charge in [-0.25, -0.2) is 0 Å². The SMILES string of the molecule is COc1cccc([C@@H](CN)C(C)NC(=O)c2cc(-c3ccc4[nH]nc(C)c4c3)ccn2)c1. The number of nitrogens with two attached hydrogens (primary N) is 1. The van der Waals surface area contributed by atoms with Gasteiger partial charge in [0.2, 0.25) is 0 Å². The number of rotatable bonds is 7. The minimum Gasteiger partial charge on any atom is -0.497 e. The van der Waals surface area contributed by atoms with Crippen molar-refractivity contribution in [1.82, 2.24) is 20.5 Å². The number of aromatic nitrogens is 3. The molecule has 1 unspecified atom stereocenters. The summed E-state index contributed by atoms with van der Waals surface area (Å²) in [6.07, 6.45) is 1.66. The molecule has 1 amide bonds. The second kappa shape index (κ2) is 9.20. The van der Waals surface area contributed by atoms with Gasteiger partial charge >= 0.3 is 0 Å². The molecule has 4 rings (SSSR count). The molecule has 0 radical (unpaired) electrons. The van der Waals surface area contributed by atoms with E-state index in [0.717, 1.165) is 39.0 Å². The van der Waals surface area contributed by atoms with Crippen LogP contribution in [0, 0.1) is 6.92 Å². The molecule has 0 aliphatic carbocycles. The Bertz CT molecular complexity index is 1250. The van der Waals surface area contributed by atoms with Gasteiger partial charge in [-0.1, -0.05) is 18.2 Å². The molecule has 2 atom stereocenters. The first kappa shape index (κ1) is 21.5. The summed E-state index contributed by atoms with van der Waals surface area (Å²) in [4.78, 5) is 17.3. The van der Waals surface area contributed by atoms with Crippen LogP contribution in [0.4, 0.5) is 0 Å². The molecular weight excluding hydrogens is 402 g/mol. The van der Waals surface area contributed by atoms with Crippen molar-refractivity contribution in [2.75, 3.05) is 13.7 Å². The third-order valence-electron chi connectivity index (χ3n) is 5.82. The van der Waals surface area contributed by atoms with Gasteiger partial charge in [-0.3, -0.25) is 14.9 Å². The molecule has 4 N–H and O–H groups in total. The molecule has 0 spiro atoms. The highest BCUT2D eigenvalue weighted by Gasteiger charge is 2.21. The van der Waals surface area contributed by atoms with E-state index in [-0.39, 0.29) is 17.9 Å². The molecule has 2 aromatic carbocycles. The molecule has 2 heterocycles. The second-order valence-corrected chi connectivity index (χ2v) is 7.88. The fraction of sp³-hybridized carbons (Fsp3) is 0.240. The van der Waals surface area contributed by atoms with Crippen molar-refractivity contribution in [2.45, 2.75) is 25.8 Å². The maximum Gasteiger partial charge on any atom is 0.270 e. The number of amides is 1. The van der Waals surface area contributed by atoms with Crippen LogP contribution in [0.2, 0.25) is 0 Å². The van der Waals surface area contributed by atoms with Gasteiger partial charge in [0.05, 0.1) is 18.3 Å². The van der Waals surface area contributed by atoms with Crippen LogP contribution in [0.15, 0.2) is 60.8 Å². The Hall–Kier alpha value is -3.71. The highest BCUT2D eigenvalue weighted by Crippen LogP contribution is 2.26. The molecule has 0 saturated carbocycles. The largest absolute Gasteiger partial charge is 0.497 e. The molecule has 0 aliphatic rings. The summed E-state index contributed by atoms with van der Waals surface area (Å²) >= 11 is 0. The van der Waals surface area contributed by atoms with E-state index in [4.69, 9.17) is 10.5 Å². The van der Waals surface area contributed by atoms with E-state index in [9.17, 15) is 4.79 Å². The van der Waals surface area contributed by atoms with Gasteiger partial charge in [0.15, 0.2) is 0 Å². The lowest BCUT2D eigenvalue weighted by Crippen LogP contribution is -2.40. The van der Waals surface area contributed by atoms with E-state index in [2.05, 4.69) is 26.6 Å². The van der Waals surface area contributed by atoms with Crippen LogP contribution in [0.1, 0.15) is 34.6 Å². The van der Waals surface area contributed by atoms with Crippen LogP contribution in [0.5, 0.6) is 5.75 Å². The minimum absolute atomic E-state index is 0.0521. The van der Waals surface area contributed by atoms with Crippen molar-refractivity contribution in [3.8, 4) is 16.9 Å². The van der Waals surface area contributed by atoms with Crippen molar-refractivity contribution < 1.29 is 9.53 Å². The van der Waals surface area contributed by atoms with Gasteiger partial charge in [0.1, 0.15) is 11.4 Å². The number of aryl methyl sites for hydroxylation is 1. The van der Waals surface area contributed by atoms with Crippen LogP contribution in [0.25, 0.3) is 22.0 Å². The predicted molar refractivity (Wildman–Crippen MR) is 126 cm³/mol. The third-order valence-corrected chi connectivity index (χ3v) is 5.82. The molecule has 7 heteroatoms. The summed E-state index contributed by atoms with van der Waals surface area (Å²) in [5, 5.41) is 11.4.